The van der Waals surface area contributed by atoms with Gasteiger partial charge in [-0.05, 0) is 31.6 Å². The highest BCUT2D eigenvalue weighted by molar-refractivity contribution is 5.85. The number of hydrogen-bond acceptors (Lipinski definition) is 3. The first-order chi connectivity index (χ1) is 8.08. The van der Waals surface area contributed by atoms with E-state index in [4.69, 9.17) is 5.11 Å². The predicted octanol–water partition coefficient (Wildman–Crippen LogP) is 0.450. The van der Waals surface area contributed by atoms with Gasteiger partial charge >= 0.3 is 5.97 Å². The Morgan fingerprint density at radius 1 is 1.35 bits per heavy atom. The van der Waals surface area contributed by atoms with Crippen molar-refractivity contribution in [2.45, 2.75) is 44.7 Å². The normalized spacial score (nSPS) is 29.1. The van der Waals surface area contributed by atoms with E-state index in [0.29, 0.717) is 24.9 Å². The first-order valence-corrected chi connectivity index (χ1v) is 6.33. The lowest BCUT2D eigenvalue weighted by molar-refractivity contribution is -0.152. The maximum atomic E-state index is 12.0. The largest absolute Gasteiger partial charge is 0.480 e. The Labute approximate surface area is 101 Å². The Morgan fingerprint density at radius 3 is 2.65 bits per heavy atom. The van der Waals surface area contributed by atoms with E-state index in [9.17, 15) is 9.59 Å². The van der Waals surface area contributed by atoms with Crippen molar-refractivity contribution in [3.8, 4) is 0 Å². The number of nitrogens with zero attached hydrogens (tertiary/aromatic N) is 1. The summed E-state index contributed by atoms with van der Waals surface area (Å²) in [6.07, 6.45) is 3.74. The Morgan fingerprint density at radius 2 is 2.06 bits per heavy atom. The molecule has 0 aromatic heterocycles. The number of carboxylic acid groups (broad SMARTS) is 1. The Hall–Kier alpha value is -1.10. The Kier molecular flexibility index (Phi) is 3.66. The van der Waals surface area contributed by atoms with Gasteiger partial charge in [0.25, 0.3) is 0 Å². The molecule has 0 bridgehead atoms. The van der Waals surface area contributed by atoms with Crippen molar-refractivity contribution in [3.05, 3.63) is 0 Å². The first-order valence-electron chi connectivity index (χ1n) is 6.33. The summed E-state index contributed by atoms with van der Waals surface area (Å²) in [7, 11) is 0. The van der Waals surface area contributed by atoms with Gasteiger partial charge in [-0.1, -0.05) is 6.92 Å². The molecule has 5 nitrogen and oxygen atoms in total. The van der Waals surface area contributed by atoms with Crippen LogP contribution in [0.25, 0.3) is 0 Å². The fourth-order valence-electron chi connectivity index (χ4n) is 2.29. The maximum Gasteiger partial charge on any atom is 0.326 e. The molecule has 2 N–H and O–H groups in total. The monoisotopic (exact) mass is 240 g/mol. The number of amides is 1. The summed E-state index contributed by atoms with van der Waals surface area (Å²) in [6.45, 7) is 2.90. The smallest absolute Gasteiger partial charge is 0.326 e. The van der Waals surface area contributed by atoms with Gasteiger partial charge < -0.3 is 15.3 Å². The van der Waals surface area contributed by atoms with Crippen molar-refractivity contribution >= 4 is 11.9 Å². The zero-order valence-corrected chi connectivity index (χ0v) is 10.2. The second kappa shape index (κ2) is 5.04. The summed E-state index contributed by atoms with van der Waals surface area (Å²) in [4.78, 5) is 24.6. The molecule has 5 heteroatoms. The number of rotatable bonds is 4. The second-order valence-corrected chi connectivity index (χ2v) is 5.23. The topological polar surface area (TPSA) is 69.6 Å². The molecule has 1 saturated carbocycles. The summed E-state index contributed by atoms with van der Waals surface area (Å²) in [5.74, 6) is -0.566. The van der Waals surface area contributed by atoms with Crippen LogP contribution in [0.5, 0.6) is 0 Å². The van der Waals surface area contributed by atoms with Crippen LogP contribution in [0.4, 0.5) is 0 Å². The molecule has 2 rings (SSSR count). The zero-order valence-electron chi connectivity index (χ0n) is 10.2. The van der Waals surface area contributed by atoms with E-state index in [0.717, 1.165) is 19.3 Å². The van der Waals surface area contributed by atoms with Crippen molar-refractivity contribution in [2.24, 2.45) is 5.92 Å². The highest BCUT2D eigenvalue weighted by Gasteiger charge is 2.35. The average molecular weight is 240 g/mol. The summed E-state index contributed by atoms with van der Waals surface area (Å²) in [5.41, 5.74) is 0. The third-order valence-electron chi connectivity index (χ3n) is 3.59. The minimum absolute atomic E-state index is 0.0730. The van der Waals surface area contributed by atoms with Crippen LogP contribution in [0.15, 0.2) is 0 Å². The molecule has 1 heterocycles. The van der Waals surface area contributed by atoms with Crippen LogP contribution < -0.4 is 5.32 Å². The predicted molar refractivity (Wildman–Crippen MR) is 62.6 cm³/mol. The van der Waals surface area contributed by atoms with Gasteiger partial charge in [0.2, 0.25) is 5.91 Å². The summed E-state index contributed by atoms with van der Waals surface area (Å²) in [5, 5.41) is 12.3. The zero-order chi connectivity index (χ0) is 12.4. The number of hydrogen-bond donors (Lipinski definition) is 2. The summed E-state index contributed by atoms with van der Waals surface area (Å²) >= 11 is 0. The molecule has 2 atom stereocenters. The molecule has 1 saturated heterocycles. The van der Waals surface area contributed by atoms with Gasteiger partial charge in [-0.3, -0.25) is 4.79 Å². The number of piperidine rings is 1. The van der Waals surface area contributed by atoms with Crippen LogP contribution in [0.3, 0.4) is 0 Å². The number of carboxylic acids is 1. The van der Waals surface area contributed by atoms with E-state index in [1.165, 1.54) is 4.90 Å². The molecular weight excluding hydrogens is 220 g/mol. The molecule has 1 aliphatic carbocycles. The van der Waals surface area contributed by atoms with E-state index >= 15 is 0 Å². The van der Waals surface area contributed by atoms with Crippen molar-refractivity contribution in [3.63, 3.8) is 0 Å². The Balaban J connectivity index is 1.90. The third kappa shape index (κ3) is 3.19. The van der Waals surface area contributed by atoms with E-state index in [-0.39, 0.29) is 12.5 Å². The number of likely N-dealkylation sites (tertiary alicyclic amines) is 1. The van der Waals surface area contributed by atoms with Crippen LogP contribution in [0, 0.1) is 5.92 Å². The molecule has 2 fully saturated rings. The minimum atomic E-state index is -0.878. The Bertz CT molecular complexity index is 315. The van der Waals surface area contributed by atoms with Crippen molar-refractivity contribution < 1.29 is 14.7 Å². The number of carbonyl (C=O) groups excluding carboxylic acids is 1. The average Bonchev–Trinajstić information content (AvgIpc) is 3.09. The lowest BCUT2D eigenvalue weighted by Gasteiger charge is -2.36. The van der Waals surface area contributed by atoms with Crippen molar-refractivity contribution in [1.29, 1.82) is 0 Å². The van der Waals surface area contributed by atoms with E-state index in [1.54, 1.807) is 0 Å². The maximum absolute atomic E-state index is 12.0. The van der Waals surface area contributed by atoms with E-state index in [2.05, 4.69) is 5.32 Å². The second-order valence-electron chi connectivity index (χ2n) is 5.23. The molecule has 0 aromatic rings. The molecule has 0 spiro atoms. The van der Waals surface area contributed by atoms with Crippen LogP contribution in [-0.4, -0.2) is 47.1 Å². The van der Waals surface area contributed by atoms with Gasteiger partial charge in [-0.2, -0.15) is 0 Å². The number of carbonyl (C=O) groups is 2. The third-order valence-corrected chi connectivity index (χ3v) is 3.59. The molecule has 1 amide bonds. The standard InChI is InChI=1S/C12H20N2O3/c1-8-4-5-14(10(6-8)12(16)17)11(15)7-13-9-2-3-9/h8-10,13H,2-7H2,1H3,(H,16,17). The van der Waals surface area contributed by atoms with Crippen LogP contribution in [0.2, 0.25) is 0 Å². The fraction of sp³-hybridized carbons (Fsp3) is 0.833. The van der Waals surface area contributed by atoms with Crippen LogP contribution in [-0.2, 0) is 9.59 Å². The van der Waals surface area contributed by atoms with Crippen molar-refractivity contribution in [1.82, 2.24) is 10.2 Å². The lowest BCUT2D eigenvalue weighted by Crippen LogP contribution is -2.52. The van der Waals surface area contributed by atoms with Crippen LogP contribution >= 0.6 is 0 Å². The van der Waals surface area contributed by atoms with Gasteiger partial charge in [-0.15, -0.1) is 0 Å². The SMILES string of the molecule is CC1CCN(C(=O)CNC2CC2)C(C(=O)O)C1. The molecule has 1 aliphatic heterocycles. The first kappa shape index (κ1) is 12.4. The highest BCUT2D eigenvalue weighted by Crippen LogP contribution is 2.23. The summed E-state index contributed by atoms with van der Waals surface area (Å²) < 4.78 is 0. The number of nitrogens with one attached hydrogen (secondary N) is 1. The van der Waals surface area contributed by atoms with Gasteiger partial charge in [0.15, 0.2) is 0 Å². The lowest BCUT2D eigenvalue weighted by atomic mass is 9.92. The molecular formula is C12H20N2O3. The van der Waals surface area contributed by atoms with E-state index < -0.39 is 12.0 Å². The molecule has 2 aliphatic rings. The molecule has 17 heavy (non-hydrogen) atoms. The van der Waals surface area contributed by atoms with Gasteiger partial charge in [0, 0.05) is 12.6 Å². The molecule has 0 aromatic carbocycles. The highest BCUT2D eigenvalue weighted by atomic mass is 16.4. The number of aliphatic carboxylic acids is 1. The fourth-order valence-corrected chi connectivity index (χ4v) is 2.29. The van der Waals surface area contributed by atoms with Crippen molar-refractivity contribution in [2.75, 3.05) is 13.1 Å². The minimum Gasteiger partial charge on any atom is -0.480 e. The van der Waals surface area contributed by atoms with Gasteiger partial charge in [0.1, 0.15) is 6.04 Å². The molecule has 96 valence electrons. The van der Waals surface area contributed by atoms with Crippen LogP contribution in [0.1, 0.15) is 32.6 Å². The van der Waals surface area contributed by atoms with Gasteiger partial charge in [-0.25, -0.2) is 4.79 Å². The summed E-state index contributed by atoms with van der Waals surface area (Å²) in [6, 6.07) is -0.154. The quantitative estimate of drug-likeness (QED) is 0.748. The molecule has 2 unspecified atom stereocenters. The van der Waals surface area contributed by atoms with E-state index in [1.807, 2.05) is 6.92 Å². The molecule has 0 radical (unpaired) electrons. The van der Waals surface area contributed by atoms with Gasteiger partial charge in [0.05, 0.1) is 6.54 Å².